The minimum Gasteiger partial charge on any atom is -0.383 e. The summed E-state index contributed by atoms with van der Waals surface area (Å²) < 4.78 is 6.85. The number of rotatable bonds is 4. The Balaban J connectivity index is 1.89. The highest BCUT2D eigenvalue weighted by molar-refractivity contribution is 6.02. The number of hydrogen-bond acceptors (Lipinski definition) is 4. The predicted molar refractivity (Wildman–Crippen MR) is 101 cm³/mol. The van der Waals surface area contributed by atoms with E-state index in [1.807, 2.05) is 29.2 Å². The monoisotopic (exact) mass is 367 g/mol. The van der Waals surface area contributed by atoms with E-state index in [2.05, 4.69) is 4.98 Å². The molecule has 4 rings (SSSR count). The first kappa shape index (κ1) is 17.9. The summed E-state index contributed by atoms with van der Waals surface area (Å²) in [6, 6.07) is 7.56. The van der Waals surface area contributed by atoms with Crippen LogP contribution in [0.15, 0.2) is 43.0 Å². The molecule has 27 heavy (non-hydrogen) atoms. The first-order chi connectivity index (χ1) is 13.2. The molecule has 1 atom stereocenters. The number of carbonyl (C=O) groups is 2. The Morgan fingerprint density at radius 3 is 2.74 bits per heavy atom. The number of amides is 1. The first-order valence-corrected chi connectivity index (χ1v) is 9.61. The van der Waals surface area contributed by atoms with Gasteiger partial charge in [0.1, 0.15) is 6.33 Å². The molecule has 1 saturated carbocycles. The fourth-order valence-electron chi connectivity index (χ4n) is 4.87. The van der Waals surface area contributed by atoms with Gasteiger partial charge in [0.2, 0.25) is 5.91 Å². The first-order valence-electron chi connectivity index (χ1n) is 9.61. The molecular weight excluding hydrogens is 342 g/mol. The van der Waals surface area contributed by atoms with Crippen LogP contribution < -0.4 is 0 Å². The lowest BCUT2D eigenvalue weighted by Crippen LogP contribution is -2.62. The van der Waals surface area contributed by atoms with Gasteiger partial charge in [0, 0.05) is 31.6 Å². The van der Waals surface area contributed by atoms with Crippen LogP contribution in [0.4, 0.5) is 0 Å². The maximum atomic E-state index is 13.6. The molecule has 142 valence electrons. The lowest BCUT2D eigenvalue weighted by molar-refractivity contribution is 0.00388. The quantitative estimate of drug-likeness (QED) is 0.833. The lowest BCUT2D eigenvalue weighted by atomic mass is 9.65. The summed E-state index contributed by atoms with van der Waals surface area (Å²) in [4.78, 5) is 32.9. The van der Waals surface area contributed by atoms with Crippen LogP contribution in [-0.2, 0) is 4.74 Å². The normalized spacial score (nSPS) is 21.3. The summed E-state index contributed by atoms with van der Waals surface area (Å²) >= 11 is 0. The van der Waals surface area contributed by atoms with Gasteiger partial charge in [-0.3, -0.25) is 14.2 Å². The minimum absolute atomic E-state index is 0.0132. The van der Waals surface area contributed by atoms with Crippen molar-refractivity contribution in [2.24, 2.45) is 0 Å². The maximum Gasteiger partial charge on any atom is 0.254 e. The molecule has 1 spiro atoms. The minimum atomic E-state index is -0.496. The van der Waals surface area contributed by atoms with Gasteiger partial charge in [-0.25, -0.2) is 4.98 Å². The van der Waals surface area contributed by atoms with Gasteiger partial charge in [0.05, 0.1) is 18.1 Å². The average Bonchev–Trinajstić information content (AvgIpc) is 3.23. The molecule has 0 unspecified atom stereocenters. The van der Waals surface area contributed by atoms with Crippen molar-refractivity contribution in [1.29, 1.82) is 0 Å². The molecule has 1 aliphatic heterocycles. The van der Waals surface area contributed by atoms with Gasteiger partial charge in [-0.15, -0.1) is 0 Å². The standard InChI is InChI=1S/C21H25N3O3/c1-27-14-13-24-19(25)17-8-4-3-7-16(17)18(20(26)23-12-11-22-15-23)21(24)9-5-2-6-10-21/h3-4,7-8,11-12,15,18H,2,5-6,9-10,13-14H2,1H3/t18-/m0/s1. The molecule has 1 aromatic heterocycles. The molecular formula is C21H25N3O3. The number of imidazole rings is 1. The topological polar surface area (TPSA) is 64.4 Å². The molecule has 2 heterocycles. The molecule has 0 N–H and O–H groups in total. The highest BCUT2D eigenvalue weighted by atomic mass is 16.5. The van der Waals surface area contributed by atoms with Crippen molar-refractivity contribution in [3.8, 4) is 0 Å². The Morgan fingerprint density at radius 1 is 1.26 bits per heavy atom. The molecule has 2 aromatic rings. The third-order valence-electron chi connectivity index (χ3n) is 6.07. The Labute approximate surface area is 159 Å². The van der Waals surface area contributed by atoms with Crippen LogP contribution in [0.3, 0.4) is 0 Å². The zero-order chi connectivity index (χ0) is 18.9. The van der Waals surface area contributed by atoms with Crippen LogP contribution in [0.25, 0.3) is 0 Å². The van der Waals surface area contributed by atoms with Gasteiger partial charge < -0.3 is 9.64 Å². The smallest absolute Gasteiger partial charge is 0.254 e. The molecule has 2 aliphatic rings. The largest absolute Gasteiger partial charge is 0.383 e. The van der Waals surface area contributed by atoms with E-state index in [0.29, 0.717) is 18.7 Å². The van der Waals surface area contributed by atoms with Gasteiger partial charge in [-0.1, -0.05) is 37.5 Å². The van der Waals surface area contributed by atoms with Crippen LogP contribution in [-0.4, -0.2) is 52.1 Å². The molecule has 1 aromatic carbocycles. The van der Waals surface area contributed by atoms with E-state index >= 15 is 0 Å². The second-order valence-electron chi connectivity index (χ2n) is 7.44. The second kappa shape index (κ2) is 7.27. The van der Waals surface area contributed by atoms with Crippen LogP contribution in [0.2, 0.25) is 0 Å². The molecule has 0 bridgehead atoms. The average molecular weight is 367 g/mol. The van der Waals surface area contributed by atoms with Crippen LogP contribution >= 0.6 is 0 Å². The zero-order valence-corrected chi connectivity index (χ0v) is 15.6. The fourth-order valence-corrected chi connectivity index (χ4v) is 4.87. The third-order valence-corrected chi connectivity index (χ3v) is 6.07. The van der Waals surface area contributed by atoms with Crippen molar-refractivity contribution < 1.29 is 14.3 Å². The number of fused-ring (bicyclic) bond motifs is 1. The summed E-state index contributed by atoms with van der Waals surface area (Å²) in [5, 5.41) is 0. The van der Waals surface area contributed by atoms with E-state index in [0.717, 1.165) is 37.7 Å². The van der Waals surface area contributed by atoms with Crippen LogP contribution in [0, 0.1) is 0 Å². The van der Waals surface area contributed by atoms with Gasteiger partial charge in [-0.2, -0.15) is 0 Å². The molecule has 1 aliphatic carbocycles. The van der Waals surface area contributed by atoms with Crippen molar-refractivity contribution in [2.45, 2.75) is 43.6 Å². The van der Waals surface area contributed by atoms with Gasteiger partial charge >= 0.3 is 0 Å². The molecule has 0 radical (unpaired) electrons. The van der Waals surface area contributed by atoms with E-state index in [1.165, 1.54) is 0 Å². The molecule has 6 heteroatoms. The summed E-state index contributed by atoms with van der Waals surface area (Å²) in [5.74, 6) is -0.395. The lowest BCUT2D eigenvalue weighted by Gasteiger charge is -2.53. The van der Waals surface area contributed by atoms with E-state index in [1.54, 1.807) is 30.4 Å². The molecule has 1 amide bonds. The summed E-state index contributed by atoms with van der Waals surface area (Å²) in [6.45, 7) is 0.957. The van der Waals surface area contributed by atoms with Crippen LogP contribution in [0.5, 0.6) is 0 Å². The van der Waals surface area contributed by atoms with Crippen molar-refractivity contribution in [3.05, 3.63) is 54.1 Å². The van der Waals surface area contributed by atoms with E-state index < -0.39 is 11.5 Å². The Kier molecular flexibility index (Phi) is 4.83. The van der Waals surface area contributed by atoms with Crippen molar-refractivity contribution >= 4 is 11.8 Å². The Bertz CT molecular complexity index is 825. The number of methoxy groups -OCH3 is 1. The Morgan fingerprint density at radius 2 is 2.04 bits per heavy atom. The van der Waals surface area contributed by atoms with E-state index in [9.17, 15) is 9.59 Å². The highest BCUT2D eigenvalue weighted by Crippen LogP contribution is 2.49. The van der Waals surface area contributed by atoms with Crippen molar-refractivity contribution in [1.82, 2.24) is 14.5 Å². The fraction of sp³-hybridized carbons (Fsp3) is 0.476. The van der Waals surface area contributed by atoms with Crippen molar-refractivity contribution in [2.75, 3.05) is 20.3 Å². The van der Waals surface area contributed by atoms with Gasteiger partial charge in [-0.05, 0) is 24.5 Å². The van der Waals surface area contributed by atoms with E-state index in [4.69, 9.17) is 4.74 Å². The highest BCUT2D eigenvalue weighted by Gasteiger charge is 2.54. The number of ether oxygens (including phenoxy) is 1. The van der Waals surface area contributed by atoms with Crippen molar-refractivity contribution in [3.63, 3.8) is 0 Å². The zero-order valence-electron chi connectivity index (χ0n) is 15.6. The van der Waals surface area contributed by atoms with Gasteiger partial charge in [0.15, 0.2) is 0 Å². The molecule has 0 saturated heterocycles. The molecule has 1 fully saturated rings. The maximum absolute atomic E-state index is 13.6. The van der Waals surface area contributed by atoms with E-state index in [-0.39, 0.29) is 11.8 Å². The number of nitrogens with zero attached hydrogens (tertiary/aromatic N) is 3. The number of hydrogen-bond donors (Lipinski definition) is 0. The second-order valence-corrected chi connectivity index (χ2v) is 7.44. The summed E-state index contributed by atoms with van der Waals surface area (Å²) in [6.07, 6.45) is 9.72. The predicted octanol–water partition coefficient (Wildman–Crippen LogP) is 3.11. The summed E-state index contributed by atoms with van der Waals surface area (Å²) in [7, 11) is 1.64. The Hall–Kier alpha value is -2.47. The third kappa shape index (κ3) is 2.88. The number of aromatic nitrogens is 2. The number of benzene rings is 1. The summed E-state index contributed by atoms with van der Waals surface area (Å²) in [5.41, 5.74) is 0.976. The molecule has 6 nitrogen and oxygen atoms in total. The van der Waals surface area contributed by atoms with Crippen LogP contribution in [0.1, 0.15) is 58.7 Å². The van der Waals surface area contributed by atoms with Gasteiger partial charge in [0.25, 0.3) is 5.91 Å². The number of carbonyl (C=O) groups excluding carboxylic acids is 2. The SMILES string of the molecule is COCCN1C(=O)c2ccccc2[C@@H](C(=O)n2ccnc2)C12CCCCC2.